The number of rotatable bonds is 7. The van der Waals surface area contributed by atoms with Crippen molar-refractivity contribution >= 4 is 27.3 Å². The van der Waals surface area contributed by atoms with E-state index < -0.39 is 0 Å². The first-order valence-electron chi connectivity index (χ1n) is 7.78. The summed E-state index contributed by atoms with van der Waals surface area (Å²) in [7, 11) is 0. The van der Waals surface area contributed by atoms with Gasteiger partial charge in [0, 0.05) is 0 Å². The average molecular weight is 366 g/mol. The summed E-state index contributed by atoms with van der Waals surface area (Å²) >= 11 is 5.36. The molecule has 0 radical (unpaired) electrons. The van der Waals surface area contributed by atoms with Gasteiger partial charge in [0.25, 0.3) is 0 Å². The fourth-order valence-electron chi connectivity index (χ4n) is 2.63. The lowest BCUT2D eigenvalue weighted by Crippen LogP contribution is -2.24. The molecule has 0 aliphatic rings. The van der Waals surface area contributed by atoms with E-state index in [1.165, 1.54) is 26.0 Å². The molecule has 2 rings (SSSR count). The first-order chi connectivity index (χ1) is 10.2. The van der Waals surface area contributed by atoms with Crippen molar-refractivity contribution in [2.45, 2.75) is 46.1 Å². The standard InChI is InChI=1S/C18H24BrNS/c1-4-9-20-18(15-11-17(19)21-12-15)16-10-13(5-2)7-8-14(16)6-3/h7-8,10-12,18,20H,4-6,9H2,1-3H3. The molecule has 0 aliphatic heterocycles. The largest absolute Gasteiger partial charge is 0.306 e. The van der Waals surface area contributed by atoms with Crippen LogP contribution < -0.4 is 5.32 Å². The molecule has 0 saturated heterocycles. The molecule has 0 fully saturated rings. The lowest BCUT2D eigenvalue weighted by molar-refractivity contribution is 0.595. The topological polar surface area (TPSA) is 12.0 Å². The number of aryl methyl sites for hydroxylation is 2. The molecule has 0 aliphatic carbocycles. The van der Waals surface area contributed by atoms with Crippen molar-refractivity contribution in [2.24, 2.45) is 0 Å². The highest BCUT2D eigenvalue weighted by molar-refractivity contribution is 9.11. The molecule has 3 heteroatoms. The van der Waals surface area contributed by atoms with E-state index in [9.17, 15) is 0 Å². The third-order valence-electron chi connectivity index (χ3n) is 3.83. The van der Waals surface area contributed by atoms with Crippen LogP contribution in [0.4, 0.5) is 0 Å². The van der Waals surface area contributed by atoms with E-state index in [-0.39, 0.29) is 0 Å². The zero-order valence-electron chi connectivity index (χ0n) is 13.1. The summed E-state index contributed by atoms with van der Waals surface area (Å²) in [6.07, 6.45) is 3.32. The first kappa shape index (κ1) is 16.7. The summed E-state index contributed by atoms with van der Waals surface area (Å²) < 4.78 is 1.20. The smallest absolute Gasteiger partial charge is 0.0701 e. The van der Waals surface area contributed by atoms with Gasteiger partial charge in [-0.25, -0.2) is 0 Å². The van der Waals surface area contributed by atoms with Crippen LogP contribution in [-0.2, 0) is 12.8 Å². The normalized spacial score (nSPS) is 12.6. The van der Waals surface area contributed by atoms with Crippen molar-refractivity contribution in [1.29, 1.82) is 0 Å². The van der Waals surface area contributed by atoms with Crippen molar-refractivity contribution in [2.75, 3.05) is 6.54 Å². The average Bonchev–Trinajstić information content (AvgIpc) is 2.93. The minimum atomic E-state index is 0.300. The molecule has 0 amide bonds. The molecule has 114 valence electrons. The molecule has 2 aromatic rings. The Morgan fingerprint density at radius 1 is 1.14 bits per heavy atom. The molecule has 0 bridgehead atoms. The van der Waals surface area contributed by atoms with Gasteiger partial charge in [-0.3, -0.25) is 0 Å². The minimum absolute atomic E-state index is 0.300. The Kier molecular flexibility index (Phi) is 6.46. The Labute approximate surface area is 140 Å². The van der Waals surface area contributed by atoms with Crippen LogP contribution in [0.5, 0.6) is 0 Å². The van der Waals surface area contributed by atoms with E-state index >= 15 is 0 Å². The van der Waals surface area contributed by atoms with Crippen molar-refractivity contribution < 1.29 is 0 Å². The molecule has 0 saturated carbocycles. The number of thiophene rings is 1. The van der Waals surface area contributed by atoms with Crippen LogP contribution >= 0.6 is 27.3 Å². The van der Waals surface area contributed by atoms with Gasteiger partial charge in [0.1, 0.15) is 0 Å². The van der Waals surface area contributed by atoms with Crippen LogP contribution in [0.2, 0.25) is 0 Å². The van der Waals surface area contributed by atoms with Crippen LogP contribution in [0, 0.1) is 0 Å². The molecule has 1 N–H and O–H groups in total. The van der Waals surface area contributed by atoms with Crippen LogP contribution in [0.15, 0.2) is 33.4 Å². The molecule has 1 heterocycles. The zero-order valence-corrected chi connectivity index (χ0v) is 15.5. The van der Waals surface area contributed by atoms with Gasteiger partial charge >= 0.3 is 0 Å². The minimum Gasteiger partial charge on any atom is -0.306 e. The lowest BCUT2D eigenvalue weighted by atomic mass is 9.92. The Bertz CT molecular complexity index is 576. The van der Waals surface area contributed by atoms with Gasteiger partial charge in [0.15, 0.2) is 0 Å². The third kappa shape index (κ3) is 4.18. The van der Waals surface area contributed by atoms with E-state index in [2.05, 4.69) is 71.7 Å². The molecule has 1 nitrogen and oxygen atoms in total. The number of halogens is 1. The van der Waals surface area contributed by atoms with Crippen LogP contribution in [-0.4, -0.2) is 6.54 Å². The van der Waals surface area contributed by atoms with Crippen LogP contribution in [0.1, 0.15) is 55.5 Å². The second kappa shape index (κ2) is 8.11. The predicted molar refractivity (Wildman–Crippen MR) is 97.4 cm³/mol. The van der Waals surface area contributed by atoms with Gasteiger partial charge in [0.05, 0.1) is 9.83 Å². The monoisotopic (exact) mass is 365 g/mol. The van der Waals surface area contributed by atoms with Gasteiger partial charge < -0.3 is 5.32 Å². The SMILES string of the molecule is CCCNC(c1csc(Br)c1)c1cc(CC)ccc1CC. The van der Waals surface area contributed by atoms with E-state index in [0.717, 1.165) is 25.8 Å². The van der Waals surface area contributed by atoms with Gasteiger partial charge in [-0.05, 0) is 75.4 Å². The fraction of sp³-hybridized carbons (Fsp3) is 0.444. The summed E-state index contributed by atoms with van der Waals surface area (Å²) in [5, 5.41) is 5.99. The molecule has 0 spiro atoms. The van der Waals surface area contributed by atoms with Gasteiger partial charge in [0.2, 0.25) is 0 Å². The molecule has 1 atom stereocenters. The molecular weight excluding hydrogens is 342 g/mol. The summed E-state index contributed by atoms with van der Waals surface area (Å²) in [4.78, 5) is 0. The Morgan fingerprint density at radius 2 is 1.95 bits per heavy atom. The van der Waals surface area contributed by atoms with E-state index in [0.29, 0.717) is 6.04 Å². The maximum absolute atomic E-state index is 3.73. The highest BCUT2D eigenvalue weighted by Gasteiger charge is 2.18. The zero-order chi connectivity index (χ0) is 15.2. The lowest BCUT2D eigenvalue weighted by Gasteiger charge is -2.22. The first-order valence-corrected chi connectivity index (χ1v) is 9.45. The summed E-state index contributed by atoms with van der Waals surface area (Å²) in [6, 6.07) is 9.50. The van der Waals surface area contributed by atoms with Crippen LogP contribution in [0.25, 0.3) is 0 Å². The predicted octanol–water partition coefficient (Wildman–Crippen LogP) is 5.72. The van der Waals surface area contributed by atoms with Crippen LogP contribution in [0.3, 0.4) is 0 Å². The maximum Gasteiger partial charge on any atom is 0.0701 e. The van der Waals surface area contributed by atoms with Crippen molar-refractivity contribution in [3.8, 4) is 0 Å². The quantitative estimate of drug-likeness (QED) is 0.660. The Hall–Kier alpha value is -0.640. The van der Waals surface area contributed by atoms with Gasteiger partial charge in [-0.2, -0.15) is 0 Å². The molecule has 21 heavy (non-hydrogen) atoms. The maximum atomic E-state index is 3.73. The molecule has 1 aromatic heterocycles. The fourth-order valence-corrected chi connectivity index (χ4v) is 3.83. The van der Waals surface area contributed by atoms with Crippen molar-refractivity contribution in [3.05, 3.63) is 55.7 Å². The Morgan fingerprint density at radius 3 is 2.52 bits per heavy atom. The van der Waals surface area contributed by atoms with Gasteiger partial charge in [-0.15, -0.1) is 11.3 Å². The van der Waals surface area contributed by atoms with E-state index in [1.807, 2.05) is 0 Å². The molecule has 1 aromatic carbocycles. The van der Waals surface area contributed by atoms with Crippen molar-refractivity contribution in [1.82, 2.24) is 5.32 Å². The van der Waals surface area contributed by atoms with Gasteiger partial charge in [-0.1, -0.05) is 39.0 Å². The third-order valence-corrected chi connectivity index (χ3v) is 5.35. The number of benzene rings is 1. The second-order valence-electron chi connectivity index (χ2n) is 5.31. The molecule has 1 unspecified atom stereocenters. The highest BCUT2D eigenvalue weighted by Crippen LogP contribution is 2.32. The molecular formula is C18H24BrNS. The number of nitrogens with one attached hydrogen (secondary N) is 1. The number of hydrogen-bond donors (Lipinski definition) is 1. The number of hydrogen-bond acceptors (Lipinski definition) is 2. The summed E-state index contributed by atoms with van der Waals surface area (Å²) in [5.41, 5.74) is 5.67. The summed E-state index contributed by atoms with van der Waals surface area (Å²) in [5.74, 6) is 0. The van der Waals surface area contributed by atoms with E-state index in [1.54, 1.807) is 11.3 Å². The summed E-state index contributed by atoms with van der Waals surface area (Å²) in [6.45, 7) is 7.72. The van der Waals surface area contributed by atoms with Crippen molar-refractivity contribution in [3.63, 3.8) is 0 Å². The highest BCUT2D eigenvalue weighted by atomic mass is 79.9. The second-order valence-corrected chi connectivity index (χ2v) is 7.60. The Balaban J connectivity index is 2.44. The van der Waals surface area contributed by atoms with E-state index in [4.69, 9.17) is 0 Å².